The molecule has 0 spiro atoms. The van der Waals surface area contributed by atoms with Gasteiger partial charge >= 0.3 is 0 Å². The van der Waals surface area contributed by atoms with Gasteiger partial charge in [0.05, 0.1) is 18.7 Å². The van der Waals surface area contributed by atoms with E-state index in [2.05, 4.69) is 0 Å². The van der Waals surface area contributed by atoms with E-state index in [0.29, 0.717) is 0 Å². The van der Waals surface area contributed by atoms with Gasteiger partial charge in [-0.1, -0.05) is 20.8 Å². The Morgan fingerprint density at radius 2 is 1.85 bits per heavy atom. The zero-order valence-corrected chi connectivity index (χ0v) is 9.18. The number of carbonyl (C=O) groups excluding carboxylic acids is 1. The van der Waals surface area contributed by atoms with Crippen molar-refractivity contribution in [1.82, 2.24) is 4.90 Å². The van der Waals surface area contributed by atoms with Crippen molar-refractivity contribution in [2.45, 2.75) is 33.3 Å². The summed E-state index contributed by atoms with van der Waals surface area (Å²) in [6.07, 6.45) is 0. The Morgan fingerprint density at radius 3 is 2.15 bits per heavy atom. The summed E-state index contributed by atoms with van der Waals surface area (Å²) in [6.45, 7) is 9.30. The van der Waals surface area contributed by atoms with E-state index in [1.54, 1.807) is 7.11 Å². The Bertz CT molecular complexity index is 211. The smallest absolute Gasteiger partial charge is 0.228 e. The third kappa shape index (κ3) is 2.02. The molecule has 0 aromatic heterocycles. The fraction of sp³-hybridized carbons (Fsp3) is 0.900. The van der Waals surface area contributed by atoms with E-state index in [0.717, 1.165) is 13.1 Å². The predicted molar refractivity (Wildman–Crippen MR) is 51.4 cm³/mol. The van der Waals surface area contributed by atoms with Crippen LogP contribution >= 0.6 is 0 Å². The number of amides is 1. The van der Waals surface area contributed by atoms with Gasteiger partial charge < -0.3 is 9.64 Å². The highest BCUT2D eigenvalue weighted by Crippen LogP contribution is 2.28. The summed E-state index contributed by atoms with van der Waals surface area (Å²) in [5.74, 6) is 0.210. The molecule has 76 valence electrons. The fourth-order valence-electron chi connectivity index (χ4n) is 1.51. The van der Waals surface area contributed by atoms with Crippen LogP contribution in [0.15, 0.2) is 0 Å². The van der Waals surface area contributed by atoms with Gasteiger partial charge in [0.1, 0.15) is 0 Å². The Morgan fingerprint density at radius 1 is 1.38 bits per heavy atom. The van der Waals surface area contributed by atoms with Crippen molar-refractivity contribution in [1.29, 1.82) is 0 Å². The number of methoxy groups -OCH3 is 1. The molecular weight excluding hydrogens is 166 g/mol. The number of likely N-dealkylation sites (tertiary alicyclic amines) is 1. The topological polar surface area (TPSA) is 29.5 Å². The first-order valence-corrected chi connectivity index (χ1v) is 4.63. The lowest BCUT2D eigenvalue weighted by atomic mass is 9.89. The van der Waals surface area contributed by atoms with Crippen LogP contribution in [-0.4, -0.2) is 36.6 Å². The lowest BCUT2D eigenvalue weighted by Crippen LogP contribution is -2.64. The van der Waals surface area contributed by atoms with Crippen molar-refractivity contribution < 1.29 is 9.53 Å². The summed E-state index contributed by atoms with van der Waals surface area (Å²) in [5.41, 5.74) is -0.379. The molecule has 0 aromatic rings. The first-order valence-electron chi connectivity index (χ1n) is 4.63. The van der Waals surface area contributed by atoms with Gasteiger partial charge in [-0.3, -0.25) is 4.79 Å². The monoisotopic (exact) mass is 185 g/mol. The van der Waals surface area contributed by atoms with E-state index in [-0.39, 0.29) is 16.9 Å². The molecule has 0 radical (unpaired) electrons. The highest BCUT2D eigenvalue weighted by Gasteiger charge is 2.44. The van der Waals surface area contributed by atoms with Gasteiger partial charge in [0, 0.05) is 12.5 Å². The van der Waals surface area contributed by atoms with Crippen LogP contribution in [0, 0.1) is 5.41 Å². The Kier molecular flexibility index (Phi) is 2.41. The van der Waals surface area contributed by atoms with Crippen LogP contribution < -0.4 is 0 Å². The molecule has 1 saturated heterocycles. The van der Waals surface area contributed by atoms with Crippen LogP contribution in [0.4, 0.5) is 0 Å². The van der Waals surface area contributed by atoms with Crippen molar-refractivity contribution >= 4 is 5.91 Å². The van der Waals surface area contributed by atoms with Crippen LogP contribution in [0.25, 0.3) is 0 Å². The SMILES string of the molecule is COC1(C)CN(C(=O)C(C)(C)C)C1. The number of hydrogen-bond donors (Lipinski definition) is 0. The van der Waals surface area contributed by atoms with Crippen LogP contribution in [0.2, 0.25) is 0 Å². The van der Waals surface area contributed by atoms with E-state index in [1.165, 1.54) is 0 Å². The predicted octanol–water partition coefficient (Wildman–Crippen LogP) is 1.28. The summed E-state index contributed by atoms with van der Waals surface area (Å²) in [5, 5.41) is 0. The van der Waals surface area contributed by atoms with Crippen LogP contribution in [0.3, 0.4) is 0 Å². The molecule has 0 bridgehead atoms. The molecule has 1 aliphatic rings. The van der Waals surface area contributed by atoms with E-state index < -0.39 is 0 Å². The average Bonchev–Trinajstić information content (AvgIpc) is 1.95. The lowest BCUT2D eigenvalue weighted by Gasteiger charge is -2.48. The second kappa shape index (κ2) is 2.98. The molecule has 0 aromatic carbocycles. The second-order valence-electron chi connectivity index (χ2n) is 5.07. The van der Waals surface area contributed by atoms with Crippen molar-refractivity contribution in [3.8, 4) is 0 Å². The maximum Gasteiger partial charge on any atom is 0.228 e. The standard InChI is InChI=1S/C10H19NO2/c1-9(2,3)8(12)11-6-10(4,7-11)13-5/h6-7H2,1-5H3. The minimum atomic E-state index is -0.269. The number of rotatable bonds is 1. The van der Waals surface area contributed by atoms with E-state index >= 15 is 0 Å². The third-order valence-electron chi connectivity index (χ3n) is 2.47. The van der Waals surface area contributed by atoms with Gasteiger partial charge in [0.15, 0.2) is 0 Å². The molecule has 0 N–H and O–H groups in total. The molecule has 0 unspecified atom stereocenters. The number of ether oxygens (including phenoxy) is 1. The molecular formula is C10H19NO2. The zero-order valence-electron chi connectivity index (χ0n) is 9.18. The molecule has 0 aliphatic carbocycles. The molecule has 3 heteroatoms. The van der Waals surface area contributed by atoms with Crippen LogP contribution in [-0.2, 0) is 9.53 Å². The quantitative estimate of drug-likeness (QED) is 0.616. The summed E-state index contributed by atoms with van der Waals surface area (Å²) < 4.78 is 5.27. The van der Waals surface area contributed by atoms with Gasteiger partial charge in [0.2, 0.25) is 5.91 Å². The minimum absolute atomic E-state index is 0.110. The van der Waals surface area contributed by atoms with Gasteiger partial charge in [0.25, 0.3) is 0 Å². The zero-order chi connectivity index (χ0) is 10.3. The maximum atomic E-state index is 11.7. The summed E-state index contributed by atoms with van der Waals surface area (Å²) in [4.78, 5) is 13.6. The molecule has 3 nitrogen and oxygen atoms in total. The third-order valence-corrected chi connectivity index (χ3v) is 2.47. The van der Waals surface area contributed by atoms with Gasteiger partial charge in [-0.2, -0.15) is 0 Å². The van der Waals surface area contributed by atoms with E-state index in [4.69, 9.17) is 4.74 Å². The molecule has 0 saturated carbocycles. The number of nitrogens with zero attached hydrogens (tertiary/aromatic N) is 1. The summed E-state index contributed by atoms with van der Waals surface area (Å²) >= 11 is 0. The van der Waals surface area contributed by atoms with Crippen LogP contribution in [0.1, 0.15) is 27.7 Å². The normalized spacial score (nSPS) is 21.2. The van der Waals surface area contributed by atoms with Crippen molar-refractivity contribution in [3.63, 3.8) is 0 Å². The van der Waals surface area contributed by atoms with E-state index in [1.807, 2.05) is 32.6 Å². The first-order chi connectivity index (χ1) is 5.78. The average molecular weight is 185 g/mol. The molecule has 1 aliphatic heterocycles. The van der Waals surface area contributed by atoms with Crippen molar-refractivity contribution in [3.05, 3.63) is 0 Å². The maximum absolute atomic E-state index is 11.7. The van der Waals surface area contributed by atoms with Gasteiger partial charge in [-0.15, -0.1) is 0 Å². The van der Waals surface area contributed by atoms with Crippen molar-refractivity contribution in [2.24, 2.45) is 5.41 Å². The van der Waals surface area contributed by atoms with Gasteiger partial charge in [-0.05, 0) is 6.92 Å². The van der Waals surface area contributed by atoms with E-state index in [9.17, 15) is 4.79 Å². The minimum Gasteiger partial charge on any atom is -0.375 e. The molecule has 1 rings (SSSR count). The molecule has 1 fully saturated rings. The molecule has 0 atom stereocenters. The first kappa shape index (κ1) is 10.5. The second-order valence-corrected chi connectivity index (χ2v) is 5.07. The molecule has 1 heterocycles. The Balaban J connectivity index is 2.49. The Labute approximate surface area is 80.1 Å². The Hall–Kier alpha value is -0.570. The fourth-order valence-corrected chi connectivity index (χ4v) is 1.51. The largest absolute Gasteiger partial charge is 0.375 e. The lowest BCUT2D eigenvalue weighted by molar-refractivity contribution is -0.165. The molecule has 13 heavy (non-hydrogen) atoms. The number of hydrogen-bond acceptors (Lipinski definition) is 2. The highest BCUT2D eigenvalue weighted by atomic mass is 16.5. The van der Waals surface area contributed by atoms with Crippen LogP contribution in [0.5, 0.6) is 0 Å². The number of carbonyl (C=O) groups is 1. The molecule has 1 amide bonds. The van der Waals surface area contributed by atoms with Gasteiger partial charge in [-0.25, -0.2) is 0 Å². The van der Waals surface area contributed by atoms with Crippen molar-refractivity contribution in [2.75, 3.05) is 20.2 Å². The highest BCUT2D eigenvalue weighted by molar-refractivity contribution is 5.82. The summed E-state index contributed by atoms with van der Waals surface area (Å²) in [7, 11) is 1.69. The summed E-state index contributed by atoms with van der Waals surface area (Å²) in [6, 6.07) is 0.